The molecule has 2 aliphatic rings. The van der Waals surface area contributed by atoms with Crippen LogP contribution < -0.4 is 5.32 Å². The summed E-state index contributed by atoms with van der Waals surface area (Å²) >= 11 is 5.49. The molecule has 0 spiro atoms. The Labute approximate surface area is 166 Å². The third kappa shape index (κ3) is 6.14. The molecular formula is C20H29FN4OS. The number of halogens is 1. The number of thiocarbonyl (C=S) groups is 1. The standard InChI is InChI=1S/C20H29FN4OS/c21-18-7-5-17(6-8-18)15-22-20(27)25-13-11-23(12-14-25)16-19(26)24-9-3-1-2-4-10-24/h5-8H,1-4,9-16H2,(H,22,27). The van der Waals surface area contributed by atoms with Crippen LogP contribution in [-0.4, -0.2) is 71.5 Å². The Bertz CT molecular complexity index is 623. The number of amides is 1. The minimum Gasteiger partial charge on any atom is -0.358 e. The average molecular weight is 393 g/mol. The number of likely N-dealkylation sites (tertiary alicyclic amines) is 1. The van der Waals surface area contributed by atoms with E-state index in [0.717, 1.165) is 62.8 Å². The van der Waals surface area contributed by atoms with E-state index < -0.39 is 0 Å². The third-order valence-corrected chi connectivity index (χ3v) is 5.74. The summed E-state index contributed by atoms with van der Waals surface area (Å²) < 4.78 is 13.0. The van der Waals surface area contributed by atoms with Crippen LogP contribution in [0.1, 0.15) is 31.2 Å². The summed E-state index contributed by atoms with van der Waals surface area (Å²) in [7, 11) is 0. The molecule has 0 aliphatic carbocycles. The number of rotatable bonds is 4. The molecule has 0 radical (unpaired) electrons. The smallest absolute Gasteiger partial charge is 0.236 e. The molecule has 7 heteroatoms. The van der Waals surface area contributed by atoms with Crippen LogP contribution >= 0.6 is 12.2 Å². The van der Waals surface area contributed by atoms with Crippen molar-refractivity contribution in [3.05, 3.63) is 35.6 Å². The van der Waals surface area contributed by atoms with Crippen molar-refractivity contribution >= 4 is 23.2 Å². The van der Waals surface area contributed by atoms with Gasteiger partial charge in [0.15, 0.2) is 5.11 Å². The molecule has 148 valence electrons. The molecule has 0 bridgehead atoms. The zero-order valence-corrected chi connectivity index (χ0v) is 16.6. The zero-order chi connectivity index (χ0) is 19.1. The average Bonchev–Trinajstić information content (AvgIpc) is 2.97. The van der Waals surface area contributed by atoms with E-state index in [0.29, 0.717) is 13.1 Å². The van der Waals surface area contributed by atoms with Gasteiger partial charge in [0.25, 0.3) is 0 Å². The van der Waals surface area contributed by atoms with Gasteiger partial charge >= 0.3 is 0 Å². The maximum atomic E-state index is 13.0. The maximum Gasteiger partial charge on any atom is 0.236 e. The predicted molar refractivity (Wildman–Crippen MR) is 109 cm³/mol. The van der Waals surface area contributed by atoms with Crippen molar-refractivity contribution in [2.24, 2.45) is 0 Å². The van der Waals surface area contributed by atoms with Crippen molar-refractivity contribution in [2.75, 3.05) is 45.8 Å². The third-order valence-electron chi connectivity index (χ3n) is 5.33. The van der Waals surface area contributed by atoms with Gasteiger partial charge < -0.3 is 15.1 Å². The molecule has 1 aromatic carbocycles. The topological polar surface area (TPSA) is 38.8 Å². The lowest BCUT2D eigenvalue weighted by Crippen LogP contribution is -2.53. The Balaban J connectivity index is 1.38. The summed E-state index contributed by atoms with van der Waals surface area (Å²) in [4.78, 5) is 18.9. The van der Waals surface area contributed by atoms with Gasteiger partial charge in [-0.2, -0.15) is 0 Å². The first kappa shape index (κ1) is 20.0. The van der Waals surface area contributed by atoms with Crippen molar-refractivity contribution in [3.8, 4) is 0 Å². The highest BCUT2D eigenvalue weighted by Crippen LogP contribution is 2.11. The van der Waals surface area contributed by atoms with Gasteiger partial charge in [0.05, 0.1) is 6.54 Å². The Morgan fingerprint density at radius 3 is 2.19 bits per heavy atom. The molecule has 1 N–H and O–H groups in total. The van der Waals surface area contributed by atoms with Crippen LogP contribution in [0.4, 0.5) is 4.39 Å². The largest absolute Gasteiger partial charge is 0.358 e. The van der Waals surface area contributed by atoms with E-state index in [1.807, 2.05) is 4.90 Å². The van der Waals surface area contributed by atoms with Gasteiger partial charge in [0, 0.05) is 45.8 Å². The number of nitrogens with one attached hydrogen (secondary N) is 1. The minimum atomic E-state index is -0.229. The Morgan fingerprint density at radius 1 is 0.926 bits per heavy atom. The van der Waals surface area contributed by atoms with Crippen LogP contribution in [0, 0.1) is 5.82 Å². The summed E-state index contributed by atoms with van der Waals surface area (Å²) in [6.07, 6.45) is 4.75. The summed E-state index contributed by atoms with van der Waals surface area (Å²) in [5.74, 6) is 0.0366. The molecule has 1 aromatic rings. The highest BCUT2D eigenvalue weighted by Gasteiger charge is 2.23. The van der Waals surface area contributed by atoms with E-state index in [4.69, 9.17) is 12.2 Å². The highest BCUT2D eigenvalue weighted by molar-refractivity contribution is 7.80. The molecule has 0 unspecified atom stereocenters. The molecule has 0 saturated carbocycles. The summed E-state index contributed by atoms with van der Waals surface area (Å²) in [6.45, 7) is 6.27. The number of nitrogens with zero attached hydrogens (tertiary/aromatic N) is 3. The number of piperazine rings is 1. The van der Waals surface area contributed by atoms with Crippen LogP contribution in [0.2, 0.25) is 0 Å². The minimum absolute atomic E-state index is 0.229. The fourth-order valence-electron chi connectivity index (χ4n) is 3.61. The lowest BCUT2D eigenvalue weighted by Gasteiger charge is -2.36. The number of hydrogen-bond acceptors (Lipinski definition) is 3. The van der Waals surface area contributed by atoms with Crippen LogP contribution in [0.25, 0.3) is 0 Å². The normalized spacial score (nSPS) is 18.9. The van der Waals surface area contributed by atoms with E-state index in [1.165, 1.54) is 25.0 Å². The van der Waals surface area contributed by atoms with Gasteiger partial charge in [0.2, 0.25) is 5.91 Å². The first-order valence-corrected chi connectivity index (χ1v) is 10.3. The van der Waals surface area contributed by atoms with Gasteiger partial charge in [0.1, 0.15) is 5.82 Å². The van der Waals surface area contributed by atoms with E-state index in [-0.39, 0.29) is 11.7 Å². The van der Waals surface area contributed by atoms with Crippen molar-refractivity contribution in [2.45, 2.75) is 32.2 Å². The second-order valence-corrected chi connectivity index (χ2v) is 7.73. The van der Waals surface area contributed by atoms with Gasteiger partial charge in [-0.3, -0.25) is 9.69 Å². The van der Waals surface area contributed by atoms with Crippen LogP contribution in [0.15, 0.2) is 24.3 Å². The Hall–Kier alpha value is -1.73. The molecular weight excluding hydrogens is 363 g/mol. The van der Waals surface area contributed by atoms with Gasteiger partial charge in [-0.05, 0) is 42.8 Å². The molecule has 2 saturated heterocycles. The first-order chi connectivity index (χ1) is 13.1. The van der Waals surface area contributed by atoms with E-state index in [2.05, 4.69) is 15.1 Å². The van der Waals surface area contributed by atoms with E-state index in [9.17, 15) is 9.18 Å². The SMILES string of the molecule is O=C(CN1CCN(C(=S)NCc2ccc(F)cc2)CC1)N1CCCCCC1. The van der Waals surface area contributed by atoms with Crippen LogP contribution in [-0.2, 0) is 11.3 Å². The molecule has 2 aliphatic heterocycles. The fourth-order valence-corrected chi connectivity index (χ4v) is 3.87. The Kier molecular flexibility index (Phi) is 7.41. The second-order valence-electron chi connectivity index (χ2n) is 7.34. The molecule has 0 atom stereocenters. The predicted octanol–water partition coefficient (Wildman–Crippen LogP) is 2.22. The molecule has 0 aromatic heterocycles. The summed E-state index contributed by atoms with van der Waals surface area (Å²) in [5, 5.41) is 3.96. The van der Waals surface area contributed by atoms with Crippen LogP contribution in [0.3, 0.4) is 0 Å². The van der Waals surface area contributed by atoms with E-state index in [1.54, 1.807) is 12.1 Å². The van der Waals surface area contributed by atoms with E-state index >= 15 is 0 Å². The second kappa shape index (κ2) is 9.99. The van der Waals surface area contributed by atoms with Crippen LogP contribution in [0.5, 0.6) is 0 Å². The number of carbonyl (C=O) groups is 1. The maximum absolute atomic E-state index is 13.0. The fraction of sp³-hybridized carbons (Fsp3) is 0.600. The van der Waals surface area contributed by atoms with Crippen molar-refractivity contribution in [3.63, 3.8) is 0 Å². The molecule has 3 rings (SSSR count). The van der Waals surface area contributed by atoms with Crippen molar-refractivity contribution < 1.29 is 9.18 Å². The number of hydrogen-bond donors (Lipinski definition) is 1. The lowest BCUT2D eigenvalue weighted by molar-refractivity contribution is -0.132. The summed E-state index contributed by atoms with van der Waals surface area (Å²) in [6, 6.07) is 6.44. The van der Waals surface area contributed by atoms with Gasteiger partial charge in [-0.25, -0.2) is 4.39 Å². The molecule has 2 heterocycles. The molecule has 5 nitrogen and oxygen atoms in total. The van der Waals surface area contributed by atoms with Gasteiger partial charge in [-0.15, -0.1) is 0 Å². The van der Waals surface area contributed by atoms with Crippen molar-refractivity contribution in [1.29, 1.82) is 0 Å². The number of benzene rings is 1. The quantitative estimate of drug-likeness (QED) is 0.796. The molecule has 1 amide bonds. The van der Waals surface area contributed by atoms with Gasteiger partial charge in [-0.1, -0.05) is 25.0 Å². The molecule has 2 fully saturated rings. The highest BCUT2D eigenvalue weighted by atomic mass is 32.1. The first-order valence-electron chi connectivity index (χ1n) is 9.89. The molecule has 27 heavy (non-hydrogen) atoms. The Morgan fingerprint density at radius 2 is 1.56 bits per heavy atom. The van der Waals surface area contributed by atoms with Crippen molar-refractivity contribution in [1.82, 2.24) is 20.0 Å². The number of carbonyl (C=O) groups excluding carboxylic acids is 1. The monoisotopic (exact) mass is 392 g/mol. The lowest BCUT2D eigenvalue weighted by atomic mass is 10.2. The summed E-state index contributed by atoms with van der Waals surface area (Å²) in [5.41, 5.74) is 1.00. The zero-order valence-electron chi connectivity index (χ0n) is 15.8.